The quantitative estimate of drug-likeness (QED) is 0.572. The monoisotopic (exact) mass is 343 g/mol. The zero-order valence-electron chi connectivity index (χ0n) is 12.6. The van der Waals surface area contributed by atoms with Crippen molar-refractivity contribution >= 4 is 23.3 Å². The largest absolute Gasteiger partial charge is 0.478 e. The van der Waals surface area contributed by atoms with Gasteiger partial charge in [0.25, 0.3) is 5.91 Å². The maximum Gasteiger partial charge on any atom is 0.335 e. The van der Waals surface area contributed by atoms with E-state index in [1.807, 2.05) is 0 Å². The van der Waals surface area contributed by atoms with E-state index in [0.717, 1.165) is 18.3 Å². The van der Waals surface area contributed by atoms with Crippen LogP contribution in [0, 0.1) is 23.0 Å². The Morgan fingerprint density at radius 2 is 1.68 bits per heavy atom. The molecule has 6 nitrogen and oxygen atoms in total. The third-order valence-electron chi connectivity index (χ3n) is 3.08. The first-order chi connectivity index (χ1) is 11.9. The highest BCUT2D eigenvalue weighted by molar-refractivity contribution is 6.06. The van der Waals surface area contributed by atoms with Gasteiger partial charge in [0, 0.05) is 11.9 Å². The normalized spacial score (nSPS) is 10.7. The molecule has 2 rings (SSSR count). The van der Waals surface area contributed by atoms with E-state index < -0.39 is 34.8 Å². The number of hydrogen-bond donors (Lipinski definition) is 3. The van der Waals surface area contributed by atoms with E-state index in [4.69, 9.17) is 10.4 Å². The summed E-state index contributed by atoms with van der Waals surface area (Å²) >= 11 is 0. The van der Waals surface area contributed by atoms with Gasteiger partial charge in [0.05, 0.1) is 5.56 Å². The number of nitriles is 1. The number of rotatable bonds is 5. The van der Waals surface area contributed by atoms with Crippen LogP contribution in [0.15, 0.2) is 54.2 Å². The van der Waals surface area contributed by atoms with E-state index in [-0.39, 0.29) is 11.3 Å². The molecule has 3 N–H and O–H groups in total. The van der Waals surface area contributed by atoms with Gasteiger partial charge < -0.3 is 15.7 Å². The van der Waals surface area contributed by atoms with Crippen LogP contribution in [0.2, 0.25) is 0 Å². The number of para-hydroxylation sites is 1. The molecule has 0 heterocycles. The fourth-order valence-electron chi connectivity index (χ4n) is 1.82. The zero-order valence-corrected chi connectivity index (χ0v) is 12.6. The van der Waals surface area contributed by atoms with Crippen LogP contribution in [0.3, 0.4) is 0 Å². The van der Waals surface area contributed by atoms with Gasteiger partial charge in [-0.2, -0.15) is 5.26 Å². The van der Waals surface area contributed by atoms with Crippen LogP contribution in [0.5, 0.6) is 0 Å². The number of anilines is 2. The SMILES string of the molecule is N#C/C(=C/Nc1c(F)cccc1F)C(=O)Nc1ccc(C(=O)O)cc1. The van der Waals surface area contributed by atoms with Crippen molar-refractivity contribution in [2.45, 2.75) is 0 Å². The molecule has 0 saturated carbocycles. The molecule has 0 aliphatic carbocycles. The maximum absolute atomic E-state index is 13.5. The molecule has 0 aliphatic rings. The maximum atomic E-state index is 13.5. The van der Waals surface area contributed by atoms with E-state index in [1.54, 1.807) is 6.07 Å². The molecule has 25 heavy (non-hydrogen) atoms. The van der Waals surface area contributed by atoms with Crippen molar-refractivity contribution in [3.63, 3.8) is 0 Å². The van der Waals surface area contributed by atoms with Gasteiger partial charge >= 0.3 is 5.97 Å². The summed E-state index contributed by atoms with van der Waals surface area (Å²) in [6.07, 6.45) is 0.877. The summed E-state index contributed by atoms with van der Waals surface area (Å²) in [5.41, 5.74) is -0.627. The van der Waals surface area contributed by atoms with Crippen LogP contribution in [-0.4, -0.2) is 17.0 Å². The lowest BCUT2D eigenvalue weighted by Crippen LogP contribution is -2.15. The van der Waals surface area contributed by atoms with Crippen molar-refractivity contribution in [2.24, 2.45) is 0 Å². The van der Waals surface area contributed by atoms with Crippen LogP contribution in [-0.2, 0) is 4.79 Å². The standard InChI is InChI=1S/C17H11F2N3O3/c18-13-2-1-3-14(19)15(13)21-9-11(8-20)16(23)22-12-6-4-10(5-7-12)17(24)25/h1-7,9,21H,(H,22,23)(H,24,25)/b11-9-. The summed E-state index contributed by atoms with van der Waals surface area (Å²) in [6.45, 7) is 0. The first-order valence-electron chi connectivity index (χ1n) is 6.88. The Labute approximate surface area is 141 Å². The van der Waals surface area contributed by atoms with Crippen molar-refractivity contribution in [3.05, 3.63) is 71.4 Å². The van der Waals surface area contributed by atoms with Crippen molar-refractivity contribution in [1.82, 2.24) is 0 Å². The van der Waals surface area contributed by atoms with Crippen molar-refractivity contribution < 1.29 is 23.5 Å². The van der Waals surface area contributed by atoms with E-state index in [9.17, 15) is 18.4 Å². The second-order valence-corrected chi connectivity index (χ2v) is 4.75. The number of carboxylic acids is 1. The highest BCUT2D eigenvalue weighted by Crippen LogP contribution is 2.18. The molecule has 2 aromatic rings. The van der Waals surface area contributed by atoms with Gasteiger partial charge in [0.2, 0.25) is 0 Å². The molecular formula is C17H11F2N3O3. The number of aromatic carboxylic acids is 1. The number of carboxylic acid groups (broad SMARTS) is 1. The lowest BCUT2D eigenvalue weighted by molar-refractivity contribution is -0.112. The van der Waals surface area contributed by atoms with Gasteiger partial charge in [-0.25, -0.2) is 13.6 Å². The Bertz CT molecular complexity index is 867. The minimum absolute atomic E-state index is 0.0331. The number of carbonyl (C=O) groups excluding carboxylic acids is 1. The molecule has 8 heteroatoms. The first kappa shape index (κ1) is 17.6. The highest BCUT2D eigenvalue weighted by Gasteiger charge is 2.12. The van der Waals surface area contributed by atoms with Crippen molar-refractivity contribution in [3.8, 4) is 6.07 Å². The topological polar surface area (TPSA) is 102 Å². The molecule has 0 spiro atoms. The van der Waals surface area contributed by atoms with Crippen LogP contribution in [0.1, 0.15) is 10.4 Å². The average molecular weight is 343 g/mol. The lowest BCUT2D eigenvalue weighted by atomic mass is 10.2. The summed E-state index contributed by atoms with van der Waals surface area (Å²) < 4.78 is 27.0. The van der Waals surface area contributed by atoms with E-state index >= 15 is 0 Å². The Morgan fingerprint density at radius 1 is 1.08 bits per heavy atom. The Morgan fingerprint density at radius 3 is 2.20 bits per heavy atom. The second kappa shape index (κ2) is 7.70. The lowest BCUT2D eigenvalue weighted by Gasteiger charge is -2.07. The van der Waals surface area contributed by atoms with Gasteiger partial charge in [-0.15, -0.1) is 0 Å². The van der Waals surface area contributed by atoms with Crippen molar-refractivity contribution in [1.29, 1.82) is 5.26 Å². The Hall–Kier alpha value is -3.73. The molecule has 0 aromatic heterocycles. The molecule has 0 bridgehead atoms. The molecule has 0 aliphatic heterocycles. The third kappa shape index (κ3) is 4.39. The molecule has 2 aromatic carbocycles. The molecule has 0 saturated heterocycles. The van der Waals surface area contributed by atoms with Gasteiger partial charge in [-0.1, -0.05) is 6.07 Å². The van der Waals surface area contributed by atoms with Gasteiger partial charge in [-0.05, 0) is 36.4 Å². The number of benzene rings is 2. The van der Waals surface area contributed by atoms with Crippen molar-refractivity contribution in [2.75, 3.05) is 10.6 Å². The minimum Gasteiger partial charge on any atom is -0.478 e. The van der Waals surface area contributed by atoms with Gasteiger partial charge in [-0.3, -0.25) is 4.79 Å². The van der Waals surface area contributed by atoms with Gasteiger partial charge in [0.1, 0.15) is 29.0 Å². The smallest absolute Gasteiger partial charge is 0.335 e. The summed E-state index contributed by atoms with van der Waals surface area (Å²) in [5, 5.41) is 22.4. The third-order valence-corrected chi connectivity index (χ3v) is 3.08. The van der Waals surface area contributed by atoms with E-state index in [1.165, 1.54) is 30.3 Å². The number of halogens is 2. The highest BCUT2D eigenvalue weighted by atomic mass is 19.1. The fourth-order valence-corrected chi connectivity index (χ4v) is 1.82. The van der Waals surface area contributed by atoms with Gasteiger partial charge in [0.15, 0.2) is 0 Å². The molecule has 126 valence electrons. The second-order valence-electron chi connectivity index (χ2n) is 4.75. The summed E-state index contributed by atoms with van der Waals surface area (Å²) in [6, 6.07) is 10.1. The predicted molar refractivity (Wildman–Crippen MR) is 85.7 cm³/mol. The predicted octanol–water partition coefficient (Wildman–Crippen LogP) is 3.12. The molecule has 1 amide bonds. The summed E-state index contributed by atoms with van der Waals surface area (Å²) in [5.74, 6) is -3.70. The fraction of sp³-hybridized carbons (Fsp3) is 0. The minimum atomic E-state index is -1.12. The Balaban J connectivity index is 2.13. The zero-order chi connectivity index (χ0) is 18.4. The summed E-state index contributed by atoms with van der Waals surface area (Å²) in [7, 11) is 0. The van der Waals surface area contributed by atoms with Crippen LogP contribution >= 0.6 is 0 Å². The molecule has 0 atom stereocenters. The molecular weight excluding hydrogens is 332 g/mol. The average Bonchev–Trinajstić information content (AvgIpc) is 2.58. The van der Waals surface area contributed by atoms with Crippen LogP contribution in [0.25, 0.3) is 0 Å². The van der Waals surface area contributed by atoms with Crippen LogP contribution in [0.4, 0.5) is 20.2 Å². The molecule has 0 radical (unpaired) electrons. The number of nitrogens with zero attached hydrogens (tertiary/aromatic N) is 1. The molecule has 0 unspecified atom stereocenters. The van der Waals surface area contributed by atoms with E-state index in [0.29, 0.717) is 0 Å². The molecule has 0 fully saturated rings. The number of carbonyl (C=O) groups is 2. The number of amides is 1. The van der Waals surface area contributed by atoms with E-state index in [2.05, 4.69) is 10.6 Å². The van der Waals surface area contributed by atoms with Crippen LogP contribution < -0.4 is 10.6 Å². The first-order valence-corrected chi connectivity index (χ1v) is 6.88. The number of nitrogens with one attached hydrogen (secondary N) is 2. The summed E-state index contributed by atoms with van der Waals surface area (Å²) in [4.78, 5) is 22.8. The Kier molecular flexibility index (Phi) is 5.43. The number of hydrogen-bond acceptors (Lipinski definition) is 4.